The molecule has 0 saturated carbocycles. The van der Waals surface area contributed by atoms with E-state index in [0.29, 0.717) is 11.7 Å². The first-order chi connectivity index (χ1) is 4.52. The standard InChI is InChI=1S/C7H14O2S/c1-6-3-4-10(8,9)7(2)5-6/h6-7H,3-5H2,1-2H3/t6-,7+/m0/s1. The average molecular weight is 162 g/mol. The van der Waals surface area contributed by atoms with E-state index in [2.05, 4.69) is 6.92 Å². The highest BCUT2D eigenvalue weighted by Crippen LogP contribution is 2.23. The summed E-state index contributed by atoms with van der Waals surface area (Å²) in [6.45, 7) is 3.93. The molecule has 60 valence electrons. The Morgan fingerprint density at radius 1 is 1.30 bits per heavy atom. The SMILES string of the molecule is C[C@H]1CCS(=O)(=O)[C@H](C)C1. The van der Waals surface area contributed by atoms with Crippen molar-refractivity contribution in [1.82, 2.24) is 0 Å². The van der Waals surface area contributed by atoms with Gasteiger partial charge in [0.05, 0.1) is 11.0 Å². The summed E-state index contributed by atoms with van der Waals surface area (Å²) in [6.07, 6.45) is 1.70. The summed E-state index contributed by atoms with van der Waals surface area (Å²) in [5.41, 5.74) is 0. The maximum atomic E-state index is 11.1. The summed E-state index contributed by atoms with van der Waals surface area (Å²) in [7, 11) is -2.69. The van der Waals surface area contributed by atoms with Gasteiger partial charge in [0, 0.05) is 0 Å². The first kappa shape index (κ1) is 8.05. The van der Waals surface area contributed by atoms with E-state index in [0.717, 1.165) is 12.8 Å². The molecule has 1 fully saturated rings. The lowest BCUT2D eigenvalue weighted by atomic mass is 10.0. The van der Waals surface area contributed by atoms with Gasteiger partial charge in [-0.3, -0.25) is 0 Å². The zero-order valence-corrected chi connectivity index (χ0v) is 7.32. The molecule has 1 rings (SSSR count). The van der Waals surface area contributed by atoms with Crippen molar-refractivity contribution >= 4 is 9.84 Å². The van der Waals surface area contributed by atoms with Crippen LogP contribution in [0.5, 0.6) is 0 Å². The van der Waals surface area contributed by atoms with Crippen molar-refractivity contribution in [1.29, 1.82) is 0 Å². The van der Waals surface area contributed by atoms with Crippen molar-refractivity contribution in [2.24, 2.45) is 5.92 Å². The smallest absolute Gasteiger partial charge is 0.152 e. The second kappa shape index (κ2) is 2.53. The van der Waals surface area contributed by atoms with Gasteiger partial charge in [0.25, 0.3) is 0 Å². The Labute approximate surface area is 62.5 Å². The molecule has 0 unspecified atom stereocenters. The van der Waals surface area contributed by atoms with Gasteiger partial charge in [-0.15, -0.1) is 0 Å². The van der Waals surface area contributed by atoms with Gasteiger partial charge in [-0.2, -0.15) is 0 Å². The van der Waals surface area contributed by atoms with Crippen molar-refractivity contribution in [3.8, 4) is 0 Å². The molecule has 2 atom stereocenters. The molecular formula is C7H14O2S. The lowest BCUT2D eigenvalue weighted by Crippen LogP contribution is -2.29. The third-order valence-electron chi connectivity index (χ3n) is 2.24. The summed E-state index contributed by atoms with van der Waals surface area (Å²) in [5, 5.41) is -0.101. The molecule has 0 bridgehead atoms. The minimum atomic E-state index is -2.69. The molecule has 0 aromatic carbocycles. The van der Waals surface area contributed by atoms with Crippen LogP contribution in [0.2, 0.25) is 0 Å². The molecule has 3 heteroatoms. The molecule has 1 heterocycles. The van der Waals surface area contributed by atoms with E-state index in [1.54, 1.807) is 0 Å². The topological polar surface area (TPSA) is 34.1 Å². The van der Waals surface area contributed by atoms with Crippen LogP contribution in [0, 0.1) is 5.92 Å². The third-order valence-corrected chi connectivity index (χ3v) is 4.47. The maximum Gasteiger partial charge on any atom is 0.152 e. The molecule has 1 aliphatic rings. The number of sulfone groups is 1. The number of rotatable bonds is 0. The molecule has 0 aromatic rings. The van der Waals surface area contributed by atoms with Crippen molar-refractivity contribution in [2.45, 2.75) is 31.9 Å². The third kappa shape index (κ3) is 1.51. The van der Waals surface area contributed by atoms with Crippen molar-refractivity contribution in [3.63, 3.8) is 0 Å². The molecular weight excluding hydrogens is 148 g/mol. The van der Waals surface area contributed by atoms with Crippen LogP contribution in [0.25, 0.3) is 0 Å². The van der Waals surface area contributed by atoms with E-state index in [1.807, 2.05) is 6.92 Å². The molecule has 0 aliphatic carbocycles. The van der Waals surface area contributed by atoms with E-state index in [9.17, 15) is 8.42 Å². The number of hydrogen-bond acceptors (Lipinski definition) is 2. The molecule has 0 amide bonds. The lowest BCUT2D eigenvalue weighted by molar-refractivity contribution is 0.464. The van der Waals surface area contributed by atoms with E-state index in [-0.39, 0.29) is 5.25 Å². The molecule has 1 saturated heterocycles. The van der Waals surface area contributed by atoms with Crippen LogP contribution in [0.3, 0.4) is 0 Å². The summed E-state index contributed by atoms with van der Waals surface area (Å²) in [6, 6.07) is 0. The minimum Gasteiger partial charge on any atom is -0.229 e. The highest BCUT2D eigenvalue weighted by Gasteiger charge is 2.28. The largest absolute Gasteiger partial charge is 0.229 e. The van der Waals surface area contributed by atoms with E-state index >= 15 is 0 Å². The van der Waals surface area contributed by atoms with E-state index in [4.69, 9.17) is 0 Å². The van der Waals surface area contributed by atoms with Crippen molar-refractivity contribution in [3.05, 3.63) is 0 Å². The Kier molecular flexibility index (Phi) is 2.04. The van der Waals surface area contributed by atoms with Crippen LogP contribution in [-0.2, 0) is 9.84 Å². The first-order valence-corrected chi connectivity index (χ1v) is 5.45. The van der Waals surface area contributed by atoms with Crippen molar-refractivity contribution < 1.29 is 8.42 Å². The molecule has 2 nitrogen and oxygen atoms in total. The second-order valence-electron chi connectivity index (χ2n) is 3.31. The molecule has 1 aliphatic heterocycles. The molecule has 0 radical (unpaired) electrons. The van der Waals surface area contributed by atoms with Gasteiger partial charge in [0.1, 0.15) is 0 Å². The van der Waals surface area contributed by atoms with Gasteiger partial charge in [0.2, 0.25) is 0 Å². The minimum absolute atomic E-state index is 0.101. The van der Waals surface area contributed by atoms with Gasteiger partial charge < -0.3 is 0 Å². The van der Waals surface area contributed by atoms with Crippen LogP contribution in [-0.4, -0.2) is 19.4 Å². The van der Waals surface area contributed by atoms with Gasteiger partial charge >= 0.3 is 0 Å². The van der Waals surface area contributed by atoms with Crippen LogP contribution in [0.1, 0.15) is 26.7 Å². The normalized spacial score (nSPS) is 39.4. The monoisotopic (exact) mass is 162 g/mol. The molecule has 10 heavy (non-hydrogen) atoms. The highest BCUT2D eigenvalue weighted by molar-refractivity contribution is 7.92. The van der Waals surface area contributed by atoms with Crippen LogP contribution >= 0.6 is 0 Å². The summed E-state index contributed by atoms with van der Waals surface area (Å²) >= 11 is 0. The Morgan fingerprint density at radius 3 is 2.30 bits per heavy atom. The fourth-order valence-electron chi connectivity index (χ4n) is 1.40. The summed E-state index contributed by atoms with van der Waals surface area (Å²) < 4.78 is 22.3. The Bertz CT molecular complexity index is 206. The van der Waals surface area contributed by atoms with Gasteiger partial charge in [-0.05, 0) is 25.7 Å². The Balaban J connectivity index is 2.70. The lowest BCUT2D eigenvalue weighted by Gasteiger charge is -2.23. The van der Waals surface area contributed by atoms with E-state index in [1.165, 1.54) is 0 Å². The predicted molar refractivity (Wildman–Crippen MR) is 41.6 cm³/mol. The number of hydrogen-bond donors (Lipinski definition) is 0. The van der Waals surface area contributed by atoms with Crippen LogP contribution in [0.15, 0.2) is 0 Å². The van der Waals surface area contributed by atoms with Crippen LogP contribution in [0.4, 0.5) is 0 Å². The highest BCUT2D eigenvalue weighted by atomic mass is 32.2. The van der Waals surface area contributed by atoms with E-state index < -0.39 is 9.84 Å². The maximum absolute atomic E-state index is 11.1. The summed E-state index contributed by atoms with van der Waals surface area (Å²) in [4.78, 5) is 0. The average Bonchev–Trinajstić information content (AvgIpc) is 1.81. The Morgan fingerprint density at radius 2 is 1.90 bits per heavy atom. The second-order valence-corrected chi connectivity index (χ2v) is 5.85. The predicted octanol–water partition coefficient (Wildman–Crippen LogP) is 1.22. The fourth-order valence-corrected chi connectivity index (χ4v) is 3.15. The zero-order valence-electron chi connectivity index (χ0n) is 6.50. The Hall–Kier alpha value is -0.0500. The van der Waals surface area contributed by atoms with Gasteiger partial charge in [-0.1, -0.05) is 6.92 Å². The van der Waals surface area contributed by atoms with Crippen LogP contribution < -0.4 is 0 Å². The zero-order chi connectivity index (χ0) is 7.78. The van der Waals surface area contributed by atoms with Crippen molar-refractivity contribution in [2.75, 3.05) is 5.75 Å². The quantitative estimate of drug-likeness (QED) is 0.536. The fraction of sp³-hybridized carbons (Fsp3) is 1.00. The first-order valence-electron chi connectivity index (χ1n) is 3.74. The summed E-state index contributed by atoms with van der Waals surface area (Å²) in [5.74, 6) is 0.994. The molecule has 0 N–H and O–H groups in total. The molecule has 0 spiro atoms. The molecule has 0 aromatic heterocycles. The van der Waals surface area contributed by atoms with Gasteiger partial charge in [-0.25, -0.2) is 8.42 Å². The van der Waals surface area contributed by atoms with Gasteiger partial charge in [0.15, 0.2) is 9.84 Å².